The van der Waals surface area contributed by atoms with E-state index in [0.717, 1.165) is 55.0 Å². The van der Waals surface area contributed by atoms with E-state index < -0.39 is 7.92 Å². The molecule has 2 aromatic rings. The van der Waals surface area contributed by atoms with Gasteiger partial charge in [0.2, 0.25) is 0 Å². The Labute approximate surface area is 284 Å². The van der Waals surface area contributed by atoms with Crippen LogP contribution in [0, 0.1) is 16.7 Å². The summed E-state index contributed by atoms with van der Waals surface area (Å²) in [5, 5.41) is 2.73. The minimum absolute atomic E-state index is 0.200. The highest BCUT2D eigenvalue weighted by atomic mass is 31.1. The molecule has 47 heavy (non-hydrogen) atoms. The predicted molar refractivity (Wildman–Crippen MR) is 203 cm³/mol. The van der Waals surface area contributed by atoms with E-state index in [1.807, 2.05) is 6.08 Å². The fourth-order valence-electron chi connectivity index (χ4n) is 7.60. The van der Waals surface area contributed by atoms with Crippen LogP contribution in [0.5, 0.6) is 11.5 Å². The van der Waals surface area contributed by atoms with Crippen LogP contribution in [0.1, 0.15) is 79.1 Å². The molecule has 2 atom stereocenters. The zero-order chi connectivity index (χ0) is 32.6. The van der Waals surface area contributed by atoms with Gasteiger partial charge < -0.3 is 9.64 Å². The Morgan fingerprint density at radius 1 is 0.979 bits per heavy atom. The van der Waals surface area contributed by atoms with E-state index in [4.69, 9.17) is 4.74 Å². The monoisotopic (exact) mass is 639 g/mol. The molecule has 2 aromatic carbocycles. The molecule has 0 N–H and O–H groups in total. The van der Waals surface area contributed by atoms with Crippen LogP contribution in [0.2, 0.25) is 0 Å². The minimum atomic E-state index is -0.487. The van der Waals surface area contributed by atoms with Crippen LogP contribution < -0.4 is 20.2 Å². The fourth-order valence-corrected chi connectivity index (χ4v) is 10.3. The summed E-state index contributed by atoms with van der Waals surface area (Å²) in [6, 6.07) is 15.7. The maximum Gasteiger partial charge on any atom is 0.137 e. The normalized spacial score (nSPS) is 25.0. The quantitative estimate of drug-likeness (QED) is 0.162. The third kappa shape index (κ3) is 6.73. The van der Waals surface area contributed by atoms with E-state index in [2.05, 4.69) is 136 Å². The molecule has 4 aliphatic carbocycles. The summed E-state index contributed by atoms with van der Waals surface area (Å²) < 4.78 is 6.70. The van der Waals surface area contributed by atoms with Crippen LogP contribution in [0.4, 0.5) is 5.69 Å². The Morgan fingerprint density at radius 2 is 1.81 bits per heavy atom. The van der Waals surface area contributed by atoms with Crippen molar-refractivity contribution in [1.82, 2.24) is 0 Å². The van der Waals surface area contributed by atoms with Crippen molar-refractivity contribution in [2.45, 2.75) is 79.1 Å². The Bertz CT molecular complexity index is 1770. The van der Waals surface area contributed by atoms with Crippen molar-refractivity contribution in [2.24, 2.45) is 16.7 Å². The number of hydrogen-bond acceptors (Lipinski definition) is 2. The van der Waals surface area contributed by atoms with Crippen molar-refractivity contribution in [3.8, 4) is 11.5 Å². The van der Waals surface area contributed by atoms with Crippen LogP contribution in [-0.4, -0.2) is 6.16 Å². The second kappa shape index (κ2) is 13.1. The highest BCUT2D eigenvalue weighted by Gasteiger charge is 2.35. The first-order chi connectivity index (χ1) is 22.7. The number of allylic oxidation sites excluding steroid dienone is 14. The molecule has 0 radical (unpaired) electrons. The van der Waals surface area contributed by atoms with Crippen molar-refractivity contribution in [2.75, 3.05) is 11.1 Å². The summed E-state index contributed by atoms with van der Waals surface area (Å²) in [5.74, 6) is 2.68. The van der Waals surface area contributed by atoms with Gasteiger partial charge in [0.25, 0.3) is 0 Å². The number of anilines is 1. The number of para-hydroxylation sites is 1. The van der Waals surface area contributed by atoms with Crippen molar-refractivity contribution in [3.05, 3.63) is 138 Å². The number of fused-ring (bicyclic) bond motifs is 2. The molecule has 242 valence electrons. The Kier molecular flexibility index (Phi) is 8.92. The van der Waals surface area contributed by atoms with Crippen LogP contribution in [-0.2, 0) is 0 Å². The lowest BCUT2D eigenvalue weighted by atomic mass is 9.64. The van der Waals surface area contributed by atoms with Gasteiger partial charge in [0.05, 0.1) is 0 Å². The fraction of sp³-hybridized carbons (Fsp3) is 0.364. The van der Waals surface area contributed by atoms with Crippen molar-refractivity contribution in [1.29, 1.82) is 0 Å². The highest BCUT2D eigenvalue weighted by Crippen LogP contribution is 2.50. The number of hydrogen-bond donors (Lipinski definition) is 0. The van der Waals surface area contributed by atoms with E-state index in [1.54, 1.807) is 0 Å². The van der Waals surface area contributed by atoms with E-state index >= 15 is 0 Å². The summed E-state index contributed by atoms with van der Waals surface area (Å²) in [7, 11) is -0.487. The molecular weight excluding hydrogens is 589 g/mol. The zero-order valence-corrected chi connectivity index (χ0v) is 29.7. The maximum absolute atomic E-state index is 6.70. The minimum Gasteiger partial charge on any atom is -0.456 e. The van der Waals surface area contributed by atoms with Gasteiger partial charge in [-0.1, -0.05) is 101 Å². The van der Waals surface area contributed by atoms with E-state index in [-0.39, 0.29) is 5.41 Å². The lowest BCUT2D eigenvalue weighted by molar-refractivity contribution is 0.199. The van der Waals surface area contributed by atoms with Gasteiger partial charge in [0, 0.05) is 33.8 Å². The Morgan fingerprint density at radius 3 is 2.53 bits per heavy atom. The summed E-state index contributed by atoms with van der Waals surface area (Å²) in [6.45, 7) is 14.0. The van der Waals surface area contributed by atoms with Crippen LogP contribution in [0.15, 0.2) is 138 Å². The molecule has 0 saturated heterocycles. The van der Waals surface area contributed by atoms with E-state index in [1.165, 1.54) is 58.4 Å². The molecule has 1 fully saturated rings. The van der Waals surface area contributed by atoms with Gasteiger partial charge >= 0.3 is 0 Å². The standard InChI is InChI=1S/C44H50NOP/c1-6-36(24-21-35-30-43(2,3)27-28-44(35,4)5)45(37-22-19-34(20-23-37)33-15-8-7-9-16-33)38-25-26-42-40(29-38)46-39-17-10-11-18-41(39)47(42)31-32-13-12-14-32/h6,8,10-13,15-19,21-22,24-26,29,32H,1,7,9,14,20,23,27-28,30-31H2,2-5H3/b35-21+,36-24+. The number of ether oxygens (including phenoxy) is 1. The van der Waals surface area contributed by atoms with Crippen molar-refractivity contribution < 1.29 is 4.74 Å². The molecule has 1 saturated carbocycles. The van der Waals surface area contributed by atoms with Gasteiger partial charge in [-0.2, -0.15) is 0 Å². The molecule has 1 heterocycles. The van der Waals surface area contributed by atoms with Crippen LogP contribution in [0.3, 0.4) is 0 Å². The van der Waals surface area contributed by atoms with Gasteiger partial charge in [0.1, 0.15) is 11.5 Å². The van der Waals surface area contributed by atoms with Gasteiger partial charge in [-0.25, -0.2) is 0 Å². The average Bonchev–Trinajstić information content (AvgIpc) is 3.06. The zero-order valence-electron chi connectivity index (χ0n) is 28.8. The summed E-state index contributed by atoms with van der Waals surface area (Å²) in [6.07, 6.45) is 33.4. The topological polar surface area (TPSA) is 12.5 Å². The smallest absolute Gasteiger partial charge is 0.137 e. The Balaban J connectivity index is 1.30. The van der Waals surface area contributed by atoms with Crippen LogP contribution in [0.25, 0.3) is 0 Å². The molecule has 0 aromatic heterocycles. The molecule has 0 spiro atoms. The number of benzene rings is 2. The summed E-state index contributed by atoms with van der Waals surface area (Å²) in [5.41, 5.74) is 8.42. The molecular formula is C44H50NOP. The highest BCUT2D eigenvalue weighted by molar-refractivity contribution is 7.73. The van der Waals surface area contributed by atoms with Crippen molar-refractivity contribution >= 4 is 24.2 Å². The second-order valence-corrected chi connectivity index (χ2v) is 17.5. The molecule has 3 heteroatoms. The molecule has 2 unspecified atom stereocenters. The van der Waals surface area contributed by atoms with Gasteiger partial charge in [-0.05, 0) is 130 Å². The summed E-state index contributed by atoms with van der Waals surface area (Å²) >= 11 is 0. The molecule has 2 nitrogen and oxygen atoms in total. The average molecular weight is 640 g/mol. The van der Waals surface area contributed by atoms with Crippen molar-refractivity contribution in [3.63, 3.8) is 0 Å². The Hall–Kier alpha value is -3.61. The summed E-state index contributed by atoms with van der Waals surface area (Å²) in [4.78, 5) is 2.44. The molecule has 0 bridgehead atoms. The molecule has 0 amide bonds. The lowest BCUT2D eigenvalue weighted by Crippen LogP contribution is -2.29. The first-order valence-corrected chi connectivity index (χ1v) is 19.2. The SMILES string of the molecule is C=C/C(=C\C=C1/CC(C)(C)CCC1(C)C)N(C1=CC=C(C2=CCCC=C2)CC1)c1ccc2c(c1)Oc1ccccc1P2CC1C=CC1. The first-order valence-electron chi connectivity index (χ1n) is 17.7. The lowest BCUT2D eigenvalue weighted by Gasteiger charge is -2.42. The van der Waals surface area contributed by atoms with Gasteiger partial charge in [0.15, 0.2) is 0 Å². The van der Waals surface area contributed by atoms with Gasteiger partial charge in [-0.15, -0.1) is 0 Å². The predicted octanol–water partition coefficient (Wildman–Crippen LogP) is 11.7. The third-order valence-corrected chi connectivity index (χ3v) is 13.5. The van der Waals surface area contributed by atoms with Gasteiger partial charge in [-0.3, -0.25) is 0 Å². The van der Waals surface area contributed by atoms with E-state index in [0.29, 0.717) is 11.3 Å². The van der Waals surface area contributed by atoms with E-state index in [9.17, 15) is 0 Å². The van der Waals surface area contributed by atoms with Crippen LogP contribution >= 0.6 is 7.92 Å². The largest absolute Gasteiger partial charge is 0.456 e. The number of rotatable bonds is 8. The molecule has 5 aliphatic rings. The molecule has 7 rings (SSSR count). The third-order valence-electron chi connectivity index (χ3n) is 10.8. The second-order valence-electron chi connectivity index (χ2n) is 15.3. The molecule has 1 aliphatic heterocycles. The maximum atomic E-state index is 6.70. The number of nitrogens with zero attached hydrogens (tertiary/aromatic N) is 1. The first kappa shape index (κ1) is 32.0.